The fraction of sp³-hybridized carbons (Fsp3) is 0.435. The Morgan fingerprint density at radius 2 is 1.84 bits per heavy atom. The van der Waals surface area contributed by atoms with E-state index in [1.165, 1.54) is 23.8 Å². The Morgan fingerprint density at radius 3 is 2.47 bits per heavy atom. The fourth-order valence-electron chi connectivity index (χ4n) is 3.67. The summed E-state index contributed by atoms with van der Waals surface area (Å²) < 4.78 is 27.1. The zero-order valence-electron chi connectivity index (χ0n) is 17.5. The number of rotatable bonds is 7. The summed E-state index contributed by atoms with van der Waals surface area (Å²) in [5, 5.41) is 3.22. The molecule has 1 heterocycles. The fourth-order valence-corrected chi connectivity index (χ4v) is 5.52. The van der Waals surface area contributed by atoms with Gasteiger partial charge in [0.2, 0.25) is 5.91 Å². The van der Waals surface area contributed by atoms with Gasteiger partial charge in [0.15, 0.2) is 0 Å². The number of thioether (sulfide) groups is 1. The molecule has 0 atom stereocenters. The Bertz CT molecular complexity index is 990. The van der Waals surface area contributed by atoms with E-state index in [1.54, 1.807) is 4.90 Å². The standard InChI is InChI=1S/C23H25Cl2F2N3OS/c24-17-12-18(28)21(20(25)22(17)30-9-7-23(26,27)8-10-30)29-19(31)11-14-3-5-16(6-4-14)32-13-15-1-2-15/h3-6,12,15H,1-2,7-11,13,28H2,(H,29,31). The average molecular weight is 500 g/mol. The molecular formula is C23H25Cl2F2N3OS. The molecule has 2 aromatic rings. The number of benzene rings is 2. The molecule has 4 rings (SSSR count). The highest BCUT2D eigenvalue weighted by Crippen LogP contribution is 2.44. The molecule has 172 valence electrons. The first-order chi connectivity index (χ1) is 15.2. The van der Waals surface area contributed by atoms with Gasteiger partial charge in [0.25, 0.3) is 5.92 Å². The number of hydrogen-bond donors (Lipinski definition) is 2. The van der Waals surface area contributed by atoms with E-state index in [2.05, 4.69) is 5.32 Å². The highest BCUT2D eigenvalue weighted by molar-refractivity contribution is 7.99. The Balaban J connectivity index is 1.43. The van der Waals surface area contributed by atoms with Crippen LogP contribution in [0.1, 0.15) is 31.2 Å². The van der Waals surface area contributed by atoms with Crippen LogP contribution >= 0.6 is 35.0 Å². The molecule has 0 radical (unpaired) electrons. The van der Waals surface area contributed by atoms with Crippen LogP contribution in [0.4, 0.5) is 25.8 Å². The Labute approximate surface area is 200 Å². The number of nitrogens with one attached hydrogen (secondary N) is 1. The van der Waals surface area contributed by atoms with Crippen LogP contribution in [0.5, 0.6) is 0 Å². The van der Waals surface area contributed by atoms with E-state index in [1.807, 2.05) is 36.0 Å². The van der Waals surface area contributed by atoms with E-state index in [9.17, 15) is 13.6 Å². The van der Waals surface area contributed by atoms with Crippen molar-refractivity contribution >= 4 is 57.9 Å². The topological polar surface area (TPSA) is 58.4 Å². The summed E-state index contributed by atoms with van der Waals surface area (Å²) in [5.74, 6) is -0.959. The van der Waals surface area contributed by atoms with Gasteiger partial charge in [0.1, 0.15) is 0 Å². The summed E-state index contributed by atoms with van der Waals surface area (Å²) in [6, 6.07) is 9.45. The quantitative estimate of drug-likeness (QED) is 0.337. The molecule has 2 fully saturated rings. The third-order valence-corrected chi connectivity index (χ3v) is 7.67. The lowest BCUT2D eigenvalue weighted by atomic mass is 10.1. The van der Waals surface area contributed by atoms with Crippen molar-refractivity contribution in [3.63, 3.8) is 0 Å². The number of nitrogen functional groups attached to an aromatic ring is 1. The summed E-state index contributed by atoms with van der Waals surface area (Å²) in [6.07, 6.45) is 2.26. The van der Waals surface area contributed by atoms with Gasteiger partial charge in [-0.1, -0.05) is 35.3 Å². The zero-order valence-corrected chi connectivity index (χ0v) is 19.8. The maximum atomic E-state index is 13.6. The minimum Gasteiger partial charge on any atom is -0.397 e. The number of nitrogens with two attached hydrogens (primary N) is 1. The van der Waals surface area contributed by atoms with E-state index in [0.717, 1.165) is 17.2 Å². The van der Waals surface area contributed by atoms with E-state index >= 15 is 0 Å². The van der Waals surface area contributed by atoms with E-state index in [0.29, 0.717) is 5.69 Å². The number of hydrogen-bond acceptors (Lipinski definition) is 4. The van der Waals surface area contributed by atoms with Crippen molar-refractivity contribution in [1.29, 1.82) is 0 Å². The van der Waals surface area contributed by atoms with Crippen molar-refractivity contribution < 1.29 is 13.6 Å². The first-order valence-corrected chi connectivity index (χ1v) is 12.4. The lowest BCUT2D eigenvalue weighted by Gasteiger charge is -2.35. The number of carbonyl (C=O) groups excluding carboxylic acids is 1. The molecule has 3 N–H and O–H groups in total. The van der Waals surface area contributed by atoms with Gasteiger partial charge in [0, 0.05) is 36.6 Å². The number of halogens is 4. The largest absolute Gasteiger partial charge is 0.397 e. The second-order valence-electron chi connectivity index (χ2n) is 8.45. The molecule has 1 aliphatic carbocycles. The smallest absolute Gasteiger partial charge is 0.251 e. The van der Waals surface area contributed by atoms with Crippen LogP contribution in [0.15, 0.2) is 35.2 Å². The summed E-state index contributed by atoms with van der Waals surface area (Å²) in [5.41, 5.74) is 7.84. The molecule has 0 aromatic heterocycles. The van der Waals surface area contributed by atoms with E-state index < -0.39 is 5.92 Å². The van der Waals surface area contributed by atoms with Crippen molar-refractivity contribution in [2.24, 2.45) is 5.92 Å². The normalized spacial score (nSPS) is 17.9. The lowest BCUT2D eigenvalue weighted by molar-refractivity contribution is -0.115. The van der Waals surface area contributed by atoms with Gasteiger partial charge in [-0.3, -0.25) is 4.79 Å². The Kier molecular flexibility index (Phi) is 7.08. The summed E-state index contributed by atoms with van der Waals surface area (Å²) >= 11 is 14.7. The first kappa shape index (κ1) is 23.5. The molecule has 1 amide bonds. The van der Waals surface area contributed by atoms with Gasteiger partial charge in [0.05, 0.1) is 33.5 Å². The predicted octanol–water partition coefficient (Wildman–Crippen LogP) is 6.49. The molecule has 0 unspecified atom stereocenters. The maximum absolute atomic E-state index is 13.6. The van der Waals surface area contributed by atoms with Gasteiger partial charge in [-0.2, -0.15) is 0 Å². The molecule has 32 heavy (non-hydrogen) atoms. The van der Waals surface area contributed by atoms with Crippen LogP contribution in [0.3, 0.4) is 0 Å². The molecule has 0 bridgehead atoms. The van der Waals surface area contributed by atoms with Crippen LogP contribution in [-0.2, 0) is 11.2 Å². The van der Waals surface area contributed by atoms with Crippen molar-refractivity contribution in [1.82, 2.24) is 0 Å². The van der Waals surface area contributed by atoms with Crippen molar-refractivity contribution in [3.8, 4) is 0 Å². The number of anilines is 3. The Hall–Kier alpha value is -1.70. The summed E-state index contributed by atoms with van der Waals surface area (Å²) in [7, 11) is 0. The first-order valence-electron chi connectivity index (χ1n) is 10.6. The third kappa shape index (κ3) is 5.80. The van der Waals surface area contributed by atoms with Crippen molar-refractivity contribution in [2.45, 2.75) is 42.9 Å². The average Bonchev–Trinajstić information content (AvgIpc) is 3.56. The maximum Gasteiger partial charge on any atom is 0.251 e. The van der Waals surface area contributed by atoms with Gasteiger partial charge >= 0.3 is 0 Å². The van der Waals surface area contributed by atoms with E-state index in [4.69, 9.17) is 28.9 Å². The molecule has 4 nitrogen and oxygen atoms in total. The molecular weight excluding hydrogens is 475 g/mol. The predicted molar refractivity (Wildman–Crippen MR) is 129 cm³/mol. The molecule has 1 saturated heterocycles. The third-order valence-electron chi connectivity index (χ3n) is 5.77. The monoisotopic (exact) mass is 499 g/mol. The molecule has 1 saturated carbocycles. The number of carbonyl (C=O) groups is 1. The molecule has 9 heteroatoms. The lowest BCUT2D eigenvalue weighted by Crippen LogP contribution is -2.39. The van der Waals surface area contributed by atoms with Crippen molar-refractivity contribution in [2.75, 3.05) is 34.8 Å². The van der Waals surface area contributed by atoms with Crippen LogP contribution in [0, 0.1) is 5.92 Å². The molecule has 1 aliphatic heterocycles. The second kappa shape index (κ2) is 9.65. The molecule has 2 aromatic carbocycles. The van der Waals surface area contributed by atoms with Gasteiger partial charge in [-0.15, -0.1) is 11.8 Å². The van der Waals surface area contributed by atoms with Gasteiger partial charge < -0.3 is 16.0 Å². The van der Waals surface area contributed by atoms with Crippen LogP contribution in [0.2, 0.25) is 10.0 Å². The number of nitrogens with zero attached hydrogens (tertiary/aromatic N) is 1. The Morgan fingerprint density at radius 1 is 1.19 bits per heavy atom. The highest BCUT2D eigenvalue weighted by Gasteiger charge is 2.35. The minimum atomic E-state index is -2.69. The van der Waals surface area contributed by atoms with Gasteiger partial charge in [-0.05, 0) is 42.5 Å². The van der Waals surface area contributed by atoms with Crippen LogP contribution < -0.4 is 16.0 Å². The minimum absolute atomic E-state index is 0.120. The van der Waals surface area contributed by atoms with Crippen LogP contribution in [0.25, 0.3) is 0 Å². The number of piperidine rings is 1. The van der Waals surface area contributed by atoms with Crippen LogP contribution in [-0.4, -0.2) is 30.7 Å². The summed E-state index contributed by atoms with van der Waals surface area (Å²) in [6.45, 7) is 0.240. The highest BCUT2D eigenvalue weighted by atomic mass is 35.5. The SMILES string of the molecule is Nc1cc(Cl)c(N2CCC(F)(F)CC2)c(Cl)c1NC(=O)Cc1ccc(SCC2CC2)cc1. The molecule has 0 spiro atoms. The number of amides is 1. The molecule has 2 aliphatic rings. The summed E-state index contributed by atoms with van der Waals surface area (Å²) in [4.78, 5) is 15.6. The van der Waals surface area contributed by atoms with Gasteiger partial charge in [-0.25, -0.2) is 8.78 Å². The van der Waals surface area contributed by atoms with Crippen molar-refractivity contribution in [3.05, 3.63) is 45.9 Å². The number of alkyl halides is 2. The zero-order chi connectivity index (χ0) is 22.9. The van der Waals surface area contributed by atoms with E-state index in [-0.39, 0.29) is 59.7 Å². The second-order valence-corrected chi connectivity index (χ2v) is 10.3.